The van der Waals surface area contributed by atoms with Crippen LogP contribution in [-0.2, 0) is 19.4 Å². The number of hydrogen-bond acceptors (Lipinski definition) is 4. The summed E-state index contributed by atoms with van der Waals surface area (Å²) in [5.41, 5.74) is -0.443. The fraction of sp³-hybridized carbons (Fsp3) is 0.625. The molecule has 1 aliphatic heterocycles. The molecule has 0 saturated carbocycles. The minimum Gasteiger partial charge on any atom is -0.441 e. The molecule has 0 bridgehead atoms. The number of carbonyl (C=O) groups excluding carboxylic acids is 1. The zero-order chi connectivity index (χ0) is 10.1. The maximum Gasteiger partial charge on any atom is 0.307 e. The highest BCUT2D eigenvalue weighted by atomic mass is 32.2. The second-order valence-electron chi connectivity index (χ2n) is 2.95. The van der Waals surface area contributed by atoms with Crippen LogP contribution >= 0.6 is 0 Å². The van der Waals surface area contributed by atoms with Crippen LogP contribution in [0.4, 0.5) is 0 Å². The summed E-state index contributed by atoms with van der Waals surface area (Å²) < 4.78 is 27.4. The van der Waals surface area contributed by atoms with E-state index >= 15 is 0 Å². The molecule has 0 saturated heterocycles. The molecule has 0 aromatic rings. The van der Waals surface area contributed by atoms with Crippen molar-refractivity contribution in [2.45, 2.75) is 25.7 Å². The Hall–Kier alpha value is -0.840. The lowest BCUT2D eigenvalue weighted by atomic mass is 10.3. The summed E-state index contributed by atoms with van der Waals surface area (Å²) in [4.78, 5) is 10.9. The highest BCUT2D eigenvalue weighted by Crippen LogP contribution is 2.21. The first-order valence-electron chi connectivity index (χ1n) is 4.05. The standard InChI is InChI=1S/C8H12O4S/c1-3-7(9)12-8-6(2)4-5-13(8,10)11/h4,8H,3,5H2,1-2H3. The molecule has 5 heteroatoms. The van der Waals surface area contributed by atoms with Gasteiger partial charge < -0.3 is 4.74 Å². The van der Waals surface area contributed by atoms with Gasteiger partial charge in [0.05, 0.1) is 5.75 Å². The molecular weight excluding hydrogens is 192 g/mol. The van der Waals surface area contributed by atoms with Gasteiger partial charge in [0.25, 0.3) is 0 Å². The van der Waals surface area contributed by atoms with Gasteiger partial charge in [-0.05, 0) is 12.5 Å². The minimum absolute atomic E-state index is 0.0273. The summed E-state index contributed by atoms with van der Waals surface area (Å²) in [6.45, 7) is 3.28. The van der Waals surface area contributed by atoms with Crippen molar-refractivity contribution in [1.29, 1.82) is 0 Å². The van der Waals surface area contributed by atoms with Crippen molar-refractivity contribution < 1.29 is 17.9 Å². The van der Waals surface area contributed by atoms with Crippen molar-refractivity contribution in [3.63, 3.8) is 0 Å². The number of hydrogen-bond donors (Lipinski definition) is 0. The van der Waals surface area contributed by atoms with Gasteiger partial charge in [-0.1, -0.05) is 13.0 Å². The van der Waals surface area contributed by atoms with Crippen molar-refractivity contribution in [2.75, 3.05) is 5.75 Å². The molecule has 1 heterocycles. The molecule has 0 aromatic heterocycles. The van der Waals surface area contributed by atoms with Gasteiger partial charge in [-0.25, -0.2) is 8.42 Å². The van der Waals surface area contributed by atoms with E-state index in [0.29, 0.717) is 5.57 Å². The van der Waals surface area contributed by atoms with Crippen LogP contribution in [0.5, 0.6) is 0 Å². The van der Waals surface area contributed by atoms with E-state index in [1.807, 2.05) is 0 Å². The first kappa shape index (κ1) is 10.2. The van der Waals surface area contributed by atoms with E-state index in [9.17, 15) is 13.2 Å². The summed E-state index contributed by atoms with van der Waals surface area (Å²) in [6.07, 6.45) is 1.77. The zero-order valence-corrected chi connectivity index (χ0v) is 8.43. The predicted molar refractivity (Wildman–Crippen MR) is 47.7 cm³/mol. The van der Waals surface area contributed by atoms with Gasteiger partial charge in [-0.3, -0.25) is 4.79 Å². The van der Waals surface area contributed by atoms with Gasteiger partial charge in [0.1, 0.15) is 0 Å². The molecule has 1 atom stereocenters. The molecule has 1 rings (SSSR count). The number of rotatable bonds is 2. The van der Waals surface area contributed by atoms with Gasteiger partial charge >= 0.3 is 5.97 Å². The largest absolute Gasteiger partial charge is 0.441 e. The predicted octanol–water partition coefficient (Wildman–Crippen LogP) is 0.640. The number of ether oxygens (including phenoxy) is 1. The van der Waals surface area contributed by atoms with Crippen molar-refractivity contribution in [3.8, 4) is 0 Å². The molecule has 13 heavy (non-hydrogen) atoms. The van der Waals surface area contributed by atoms with Gasteiger partial charge in [0, 0.05) is 6.42 Å². The molecule has 1 aliphatic rings. The Labute approximate surface area is 77.5 Å². The molecule has 4 nitrogen and oxygen atoms in total. The summed E-state index contributed by atoms with van der Waals surface area (Å²) in [7, 11) is -3.28. The number of esters is 1. The van der Waals surface area contributed by atoms with Crippen LogP contribution in [0, 0.1) is 0 Å². The molecule has 74 valence electrons. The molecule has 0 aromatic carbocycles. The van der Waals surface area contributed by atoms with Crippen molar-refractivity contribution in [3.05, 3.63) is 11.6 Å². The van der Waals surface area contributed by atoms with Crippen LogP contribution in [-0.4, -0.2) is 25.6 Å². The zero-order valence-electron chi connectivity index (χ0n) is 7.61. The Morgan fingerprint density at radius 2 is 2.31 bits per heavy atom. The van der Waals surface area contributed by atoms with Crippen LogP contribution in [0.3, 0.4) is 0 Å². The van der Waals surface area contributed by atoms with Crippen LogP contribution in [0.25, 0.3) is 0 Å². The number of sulfone groups is 1. The molecule has 0 amide bonds. The van der Waals surface area contributed by atoms with E-state index in [4.69, 9.17) is 4.74 Å². The quantitative estimate of drug-likeness (QED) is 0.489. The SMILES string of the molecule is CCC(=O)OC1C(C)=CCS1(=O)=O. The lowest BCUT2D eigenvalue weighted by Gasteiger charge is -2.12. The molecule has 0 fully saturated rings. The second kappa shape index (κ2) is 3.49. The maximum atomic E-state index is 11.3. The summed E-state index contributed by atoms with van der Waals surface area (Å²) in [5.74, 6) is -0.510. The molecule has 0 aliphatic carbocycles. The first-order chi connectivity index (χ1) is 5.97. The van der Waals surface area contributed by atoms with Crippen LogP contribution in [0.1, 0.15) is 20.3 Å². The van der Waals surface area contributed by atoms with Crippen LogP contribution in [0.15, 0.2) is 11.6 Å². The van der Waals surface area contributed by atoms with Crippen molar-refractivity contribution in [2.24, 2.45) is 0 Å². The Morgan fingerprint density at radius 1 is 1.69 bits per heavy atom. The van der Waals surface area contributed by atoms with E-state index < -0.39 is 21.2 Å². The average Bonchev–Trinajstić information content (AvgIpc) is 2.31. The third-order valence-electron chi connectivity index (χ3n) is 1.86. The van der Waals surface area contributed by atoms with Crippen molar-refractivity contribution in [1.82, 2.24) is 0 Å². The normalized spacial score (nSPS) is 25.4. The summed E-state index contributed by atoms with van der Waals surface area (Å²) >= 11 is 0. The van der Waals surface area contributed by atoms with E-state index in [2.05, 4.69) is 0 Å². The molecule has 0 N–H and O–H groups in total. The van der Waals surface area contributed by atoms with Crippen LogP contribution in [0.2, 0.25) is 0 Å². The lowest BCUT2D eigenvalue weighted by molar-refractivity contribution is -0.143. The Balaban J connectivity index is 2.79. The average molecular weight is 204 g/mol. The highest BCUT2D eigenvalue weighted by Gasteiger charge is 2.34. The van der Waals surface area contributed by atoms with Crippen LogP contribution < -0.4 is 0 Å². The van der Waals surface area contributed by atoms with Gasteiger partial charge in [0.15, 0.2) is 9.84 Å². The van der Waals surface area contributed by atoms with E-state index in [1.54, 1.807) is 19.9 Å². The second-order valence-corrected chi connectivity index (χ2v) is 5.04. The number of carbonyl (C=O) groups is 1. The third kappa shape index (κ3) is 2.09. The Kier molecular flexibility index (Phi) is 2.75. The summed E-state index contributed by atoms with van der Waals surface area (Å²) in [5, 5.41) is 0. The highest BCUT2D eigenvalue weighted by molar-refractivity contribution is 7.92. The molecule has 0 radical (unpaired) electrons. The molecule has 0 spiro atoms. The Morgan fingerprint density at radius 3 is 2.69 bits per heavy atom. The molecule has 1 unspecified atom stereocenters. The van der Waals surface area contributed by atoms with Gasteiger partial charge in [0.2, 0.25) is 5.44 Å². The molecular formula is C8H12O4S. The van der Waals surface area contributed by atoms with E-state index in [-0.39, 0.29) is 12.2 Å². The van der Waals surface area contributed by atoms with E-state index in [0.717, 1.165) is 0 Å². The first-order valence-corrected chi connectivity index (χ1v) is 5.76. The minimum atomic E-state index is -3.28. The Bertz CT molecular complexity index is 339. The third-order valence-corrected chi connectivity index (χ3v) is 3.61. The van der Waals surface area contributed by atoms with Gasteiger partial charge in [-0.2, -0.15) is 0 Å². The van der Waals surface area contributed by atoms with Crippen molar-refractivity contribution >= 4 is 15.8 Å². The lowest BCUT2D eigenvalue weighted by Crippen LogP contribution is -2.25. The fourth-order valence-electron chi connectivity index (χ4n) is 1.08. The smallest absolute Gasteiger partial charge is 0.307 e. The monoisotopic (exact) mass is 204 g/mol. The maximum absolute atomic E-state index is 11.3. The van der Waals surface area contributed by atoms with E-state index in [1.165, 1.54) is 0 Å². The summed E-state index contributed by atoms with van der Waals surface area (Å²) in [6, 6.07) is 0. The topological polar surface area (TPSA) is 60.4 Å². The van der Waals surface area contributed by atoms with Gasteiger partial charge in [-0.15, -0.1) is 0 Å². The fourth-order valence-corrected chi connectivity index (χ4v) is 2.67.